The fourth-order valence-corrected chi connectivity index (χ4v) is 1.41. The lowest BCUT2D eigenvalue weighted by atomic mass is 9.72. The summed E-state index contributed by atoms with van der Waals surface area (Å²) in [6.45, 7) is 6.24. The van der Waals surface area contributed by atoms with Gasteiger partial charge < -0.3 is 15.3 Å². The molecular weight excluding hydrogens is 216 g/mol. The highest BCUT2D eigenvalue weighted by molar-refractivity contribution is 5.97. The molecule has 0 amide bonds. The lowest BCUT2D eigenvalue weighted by Gasteiger charge is -2.30. The van der Waals surface area contributed by atoms with Crippen molar-refractivity contribution in [2.24, 2.45) is 17.3 Å². The molecule has 0 aliphatic heterocycles. The van der Waals surface area contributed by atoms with E-state index in [1.165, 1.54) is 19.9 Å². The van der Waals surface area contributed by atoms with E-state index in [9.17, 15) is 14.4 Å². The second kappa shape index (κ2) is 4.78. The largest absolute Gasteiger partial charge is 0.481 e. The first-order chi connectivity index (χ1) is 7.15. The van der Waals surface area contributed by atoms with E-state index in [1.807, 2.05) is 0 Å². The van der Waals surface area contributed by atoms with Gasteiger partial charge in [-0.3, -0.25) is 14.4 Å². The quantitative estimate of drug-likeness (QED) is 0.457. The molecule has 0 radical (unpaired) electrons. The van der Waals surface area contributed by atoms with E-state index in [0.29, 0.717) is 0 Å². The van der Waals surface area contributed by atoms with Gasteiger partial charge >= 0.3 is 17.9 Å². The van der Waals surface area contributed by atoms with Gasteiger partial charge in [0.2, 0.25) is 0 Å². The summed E-state index contributed by atoms with van der Waals surface area (Å²) < 4.78 is 0. The monoisotopic (exact) mass is 230 g/mol. The van der Waals surface area contributed by atoms with Gasteiger partial charge in [0.25, 0.3) is 0 Å². The van der Waals surface area contributed by atoms with E-state index >= 15 is 0 Å². The van der Waals surface area contributed by atoms with Crippen molar-refractivity contribution in [3.8, 4) is 0 Å². The highest BCUT2D eigenvalue weighted by Crippen LogP contribution is 2.34. The maximum Gasteiger partial charge on any atom is 0.318 e. The number of carboxylic acid groups (broad SMARTS) is 3. The molecule has 6 nitrogen and oxygen atoms in total. The van der Waals surface area contributed by atoms with E-state index in [2.05, 4.69) is 6.58 Å². The number of hydrogen-bond acceptors (Lipinski definition) is 3. The predicted octanol–water partition coefficient (Wildman–Crippen LogP) is 0.685. The van der Waals surface area contributed by atoms with Crippen LogP contribution in [0.5, 0.6) is 0 Å². The second-order valence-corrected chi connectivity index (χ2v) is 4.00. The Morgan fingerprint density at radius 1 is 1.06 bits per heavy atom. The second-order valence-electron chi connectivity index (χ2n) is 4.00. The van der Waals surface area contributed by atoms with Crippen molar-refractivity contribution in [3.63, 3.8) is 0 Å². The minimum Gasteiger partial charge on any atom is -0.481 e. The molecule has 0 aliphatic carbocycles. The first-order valence-corrected chi connectivity index (χ1v) is 4.47. The molecule has 1 unspecified atom stereocenters. The van der Waals surface area contributed by atoms with Gasteiger partial charge in [0.15, 0.2) is 5.92 Å². The van der Waals surface area contributed by atoms with Gasteiger partial charge in [0.05, 0.1) is 5.92 Å². The highest BCUT2D eigenvalue weighted by atomic mass is 16.4. The number of allylic oxidation sites excluding steroid dienone is 1. The standard InChI is InChI=1S/C10H14O6/c1-4-10(2,3)6(9(15)16)5(7(11)12)8(13)14/h4-6H,1H2,2-3H3,(H,11,12)(H,13,14)(H,15,16). The average molecular weight is 230 g/mol. The van der Waals surface area contributed by atoms with Crippen LogP contribution in [0, 0.1) is 17.3 Å². The van der Waals surface area contributed by atoms with Gasteiger partial charge in [0, 0.05) is 0 Å². The molecule has 0 aromatic carbocycles. The molecule has 0 saturated heterocycles. The van der Waals surface area contributed by atoms with E-state index in [4.69, 9.17) is 15.3 Å². The normalized spacial score (nSPS) is 13.2. The van der Waals surface area contributed by atoms with Crippen molar-refractivity contribution in [1.29, 1.82) is 0 Å². The van der Waals surface area contributed by atoms with E-state index in [-0.39, 0.29) is 0 Å². The van der Waals surface area contributed by atoms with Crippen LogP contribution in [0.25, 0.3) is 0 Å². The Bertz CT molecular complexity index is 316. The van der Waals surface area contributed by atoms with Gasteiger partial charge in [-0.25, -0.2) is 0 Å². The molecule has 0 spiro atoms. The topological polar surface area (TPSA) is 112 Å². The fourth-order valence-electron chi connectivity index (χ4n) is 1.41. The van der Waals surface area contributed by atoms with Crippen LogP contribution in [0.1, 0.15) is 13.8 Å². The molecule has 1 atom stereocenters. The Kier molecular flexibility index (Phi) is 4.23. The van der Waals surface area contributed by atoms with Gasteiger partial charge in [0.1, 0.15) is 0 Å². The van der Waals surface area contributed by atoms with E-state index < -0.39 is 35.2 Å². The van der Waals surface area contributed by atoms with Gasteiger partial charge in [-0.1, -0.05) is 19.9 Å². The Labute approximate surface area is 92.2 Å². The molecule has 0 heterocycles. The molecule has 16 heavy (non-hydrogen) atoms. The van der Waals surface area contributed by atoms with Crippen LogP contribution in [-0.2, 0) is 14.4 Å². The summed E-state index contributed by atoms with van der Waals surface area (Å²) >= 11 is 0. The first kappa shape index (κ1) is 14.2. The maximum atomic E-state index is 11.0. The minimum atomic E-state index is -1.99. The van der Waals surface area contributed by atoms with Crippen LogP contribution in [0.4, 0.5) is 0 Å². The Morgan fingerprint density at radius 2 is 1.44 bits per heavy atom. The van der Waals surface area contributed by atoms with Crippen LogP contribution in [0.2, 0.25) is 0 Å². The third kappa shape index (κ3) is 2.82. The first-order valence-electron chi connectivity index (χ1n) is 4.47. The summed E-state index contributed by atoms with van der Waals surface area (Å²) in [7, 11) is 0. The van der Waals surface area contributed by atoms with Crippen LogP contribution in [-0.4, -0.2) is 33.2 Å². The number of carboxylic acids is 3. The van der Waals surface area contributed by atoms with Crippen LogP contribution in [0.3, 0.4) is 0 Å². The van der Waals surface area contributed by atoms with Crippen LogP contribution < -0.4 is 0 Å². The Morgan fingerprint density at radius 3 is 1.62 bits per heavy atom. The molecule has 0 bridgehead atoms. The van der Waals surface area contributed by atoms with Crippen molar-refractivity contribution < 1.29 is 29.7 Å². The minimum absolute atomic E-state index is 1.13. The van der Waals surface area contributed by atoms with E-state index in [1.54, 1.807) is 0 Å². The van der Waals surface area contributed by atoms with Crippen molar-refractivity contribution in [3.05, 3.63) is 12.7 Å². The fraction of sp³-hybridized carbons (Fsp3) is 0.500. The summed E-state index contributed by atoms with van der Waals surface area (Å²) in [5.74, 6) is -8.38. The van der Waals surface area contributed by atoms with Crippen LogP contribution in [0.15, 0.2) is 12.7 Å². The molecule has 3 N–H and O–H groups in total. The zero-order valence-electron chi connectivity index (χ0n) is 9.01. The third-order valence-electron chi connectivity index (χ3n) is 2.46. The third-order valence-corrected chi connectivity index (χ3v) is 2.46. The number of aliphatic carboxylic acids is 3. The smallest absolute Gasteiger partial charge is 0.318 e. The highest BCUT2D eigenvalue weighted by Gasteiger charge is 2.47. The van der Waals surface area contributed by atoms with Gasteiger partial charge in [-0.05, 0) is 5.41 Å². The lowest BCUT2D eigenvalue weighted by Crippen LogP contribution is -2.43. The molecule has 0 aliphatic rings. The Hall–Kier alpha value is -1.85. The predicted molar refractivity (Wildman–Crippen MR) is 53.9 cm³/mol. The number of hydrogen-bond donors (Lipinski definition) is 3. The van der Waals surface area contributed by atoms with Gasteiger partial charge in [-0.15, -0.1) is 6.58 Å². The van der Waals surface area contributed by atoms with Gasteiger partial charge in [-0.2, -0.15) is 0 Å². The average Bonchev–Trinajstić information content (AvgIpc) is 2.11. The number of rotatable bonds is 6. The molecule has 0 rings (SSSR count). The van der Waals surface area contributed by atoms with E-state index in [0.717, 1.165) is 0 Å². The molecule has 0 fully saturated rings. The van der Waals surface area contributed by atoms with Crippen molar-refractivity contribution in [1.82, 2.24) is 0 Å². The molecular formula is C10H14O6. The Balaban J connectivity index is 5.50. The van der Waals surface area contributed by atoms with Crippen molar-refractivity contribution in [2.45, 2.75) is 13.8 Å². The summed E-state index contributed by atoms with van der Waals surface area (Å²) in [4.78, 5) is 32.5. The lowest BCUT2D eigenvalue weighted by molar-refractivity contribution is -0.167. The van der Waals surface area contributed by atoms with Crippen LogP contribution >= 0.6 is 0 Å². The molecule has 0 aromatic heterocycles. The molecule has 90 valence electrons. The summed E-state index contributed by atoms with van der Waals surface area (Å²) in [6, 6.07) is 0. The van der Waals surface area contributed by atoms with Crippen molar-refractivity contribution in [2.75, 3.05) is 0 Å². The molecule has 0 aromatic rings. The summed E-state index contributed by atoms with van der Waals surface area (Å²) in [6.07, 6.45) is 1.24. The maximum absolute atomic E-state index is 11.0. The molecule has 0 saturated carbocycles. The summed E-state index contributed by atoms with van der Waals surface area (Å²) in [5, 5.41) is 26.4. The number of carbonyl (C=O) groups is 3. The SMILES string of the molecule is C=CC(C)(C)C(C(=O)O)C(C(=O)O)C(=O)O. The summed E-state index contributed by atoms with van der Waals surface area (Å²) in [5.41, 5.74) is -1.13. The van der Waals surface area contributed by atoms with Crippen molar-refractivity contribution >= 4 is 17.9 Å². The zero-order chi connectivity index (χ0) is 13.1. The zero-order valence-corrected chi connectivity index (χ0v) is 9.01. The molecule has 6 heteroatoms.